The Balaban J connectivity index is 1.94. The summed E-state index contributed by atoms with van der Waals surface area (Å²) in [5, 5.41) is 19.9. The molecule has 3 atom stereocenters. The molecule has 2 rings (SSSR count). The van der Waals surface area contributed by atoms with E-state index in [-0.39, 0.29) is 11.8 Å². The predicted molar refractivity (Wildman–Crippen MR) is 75.7 cm³/mol. The fourth-order valence-corrected chi connectivity index (χ4v) is 2.36. The van der Waals surface area contributed by atoms with Crippen molar-refractivity contribution in [2.75, 3.05) is 7.11 Å². The number of carboxylic acid groups (broad SMARTS) is 2. The molecular weight excluding hydrogens is 290 g/mol. The highest BCUT2D eigenvalue weighted by molar-refractivity contribution is 5.89. The lowest BCUT2D eigenvalue weighted by atomic mass is 10.1. The monoisotopic (exact) mass is 307 g/mol. The van der Waals surface area contributed by atoms with Crippen molar-refractivity contribution in [3.8, 4) is 5.75 Å². The van der Waals surface area contributed by atoms with Crippen molar-refractivity contribution in [2.24, 2.45) is 5.92 Å². The molecule has 1 amide bonds. The molecule has 7 heteroatoms. The minimum atomic E-state index is -1.40. The number of carbonyl (C=O) groups is 3. The van der Waals surface area contributed by atoms with Gasteiger partial charge >= 0.3 is 11.9 Å². The van der Waals surface area contributed by atoms with Crippen molar-refractivity contribution in [3.63, 3.8) is 0 Å². The maximum Gasteiger partial charge on any atom is 0.326 e. The van der Waals surface area contributed by atoms with Gasteiger partial charge in [0.2, 0.25) is 5.91 Å². The normalized spacial score (nSPS) is 20.8. The van der Waals surface area contributed by atoms with Crippen LogP contribution in [0.5, 0.6) is 5.75 Å². The van der Waals surface area contributed by atoms with E-state index in [1.165, 1.54) is 0 Å². The molecule has 7 nitrogen and oxygen atoms in total. The van der Waals surface area contributed by atoms with E-state index in [9.17, 15) is 14.4 Å². The fraction of sp³-hybridized carbons (Fsp3) is 0.400. The van der Waals surface area contributed by atoms with Crippen LogP contribution in [0.15, 0.2) is 24.3 Å². The molecule has 3 N–H and O–H groups in total. The van der Waals surface area contributed by atoms with Crippen LogP contribution in [-0.2, 0) is 14.4 Å². The Hall–Kier alpha value is -2.57. The van der Waals surface area contributed by atoms with Crippen LogP contribution >= 0.6 is 0 Å². The van der Waals surface area contributed by atoms with E-state index in [0.29, 0.717) is 6.42 Å². The van der Waals surface area contributed by atoms with Crippen molar-refractivity contribution in [1.82, 2.24) is 5.32 Å². The number of hydrogen-bond acceptors (Lipinski definition) is 4. The Morgan fingerprint density at radius 1 is 1.27 bits per heavy atom. The number of aliphatic carboxylic acids is 2. The maximum absolute atomic E-state index is 12.0. The van der Waals surface area contributed by atoms with Gasteiger partial charge in [-0.3, -0.25) is 9.59 Å². The third-order valence-electron chi connectivity index (χ3n) is 3.66. The zero-order valence-corrected chi connectivity index (χ0v) is 12.0. The molecule has 22 heavy (non-hydrogen) atoms. The van der Waals surface area contributed by atoms with Gasteiger partial charge in [-0.05, 0) is 30.0 Å². The number of ether oxygens (including phenoxy) is 1. The minimum absolute atomic E-state index is 0.0326. The Morgan fingerprint density at radius 3 is 2.41 bits per heavy atom. The number of nitrogens with one attached hydrogen (secondary N) is 1. The predicted octanol–water partition coefficient (Wildman–Crippen LogP) is 0.843. The molecule has 1 aromatic rings. The molecule has 0 saturated heterocycles. The average Bonchev–Trinajstić information content (AvgIpc) is 3.26. The van der Waals surface area contributed by atoms with E-state index < -0.39 is 30.3 Å². The number of hydrogen-bond donors (Lipinski definition) is 3. The molecule has 1 saturated carbocycles. The molecular formula is C15H17NO6. The van der Waals surface area contributed by atoms with Gasteiger partial charge in [0, 0.05) is 5.92 Å². The van der Waals surface area contributed by atoms with Crippen molar-refractivity contribution >= 4 is 17.8 Å². The smallest absolute Gasteiger partial charge is 0.326 e. The molecule has 118 valence electrons. The van der Waals surface area contributed by atoms with Crippen molar-refractivity contribution in [1.29, 1.82) is 0 Å². The second kappa shape index (κ2) is 6.46. The highest BCUT2D eigenvalue weighted by Gasteiger charge is 2.44. The first-order valence-corrected chi connectivity index (χ1v) is 6.81. The minimum Gasteiger partial charge on any atom is -0.497 e. The van der Waals surface area contributed by atoms with E-state index in [4.69, 9.17) is 14.9 Å². The number of rotatable bonds is 7. The molecule has 3 unspecified atom stereocenters. The van der Waals surface area contributed by atoms with Crippen molar-refractivity contribution in [3.05, 3.63) is 29.8 Å². The standard InChI is InChI=1S/C15H17NO6/c1-22-9-4-2-8(3-5-9)10-6-11(10)14(19)16-12(15(20)21)7-13(17)18/h2-5,10-12H,6-7H2,1H3,(H,16,19)(H,17,18)(H,20,21). The average molecular weight is 307 g/mol. The summed E-state index contributed by atoms with van der Waals surface area (Å²) in [5.41, 5.74) is 0.978. The van der Waals surface area contributed by atoms with Crippen LogP contribution in [0.2, 0.25) is 0 Å². The summed E-state index contributed by atoms with van der Waals surface area (Å²) in [4.78, 5) is 33.6. The van der Waals surface area contributed by atoms with Gasteiger partial charge in [-0.15, -0.1) is 0 Å². The van der Waals surface area contributed by atoms with Crippen LogP contribution < -0.4 is 10.1 Å². The largest absolute Gasteiger partial charge is 0.497 e. The lowest BCUT2D eigenvalue weighted by molar-refractivity contribution is -0.147. The summed E-state index contributed by atoms with van der Waals surface area (Å²) < 4.78 is 5.06. The molecule has 0 heterocycles. The third-order valence-corrected chi connectivity index (χ3v) is 3.66. The lowest BCUT2D eigenvalue weighted by Gasteiger charge is -2.12. The summed E-state index contributed by atoms with van der Waals surface area (Å²) in [5.74, 6) is -2.60. The Morgan fingerprint density at radius 2 is 1.91 bits per heavy atom. The summed E-state index contributed by atoms with van der Waals surface area (Å²) in [6.07, 6.45) is -0.0153. The summed E-state index contributed by atoms with van der Waals surface area (Å²) in [6, 6.07) is 5.92. The van der Waals surface area contributed by atoms with Gasteiger partial charge in [0.05, 0.1) is 13.5 Å². The number of benzene rings is 1. The van der Waals surface area contributed by atoms with E-state index in [1.807, 2.05) is 12.1 Å². The number of methoxy groups -OCH3 is 1. The first-order chi connectivity index (χ1) is 10.4. The van der Waals surface area contributed by atoms with Gasteiger partial charge in [0.1, 0.15) is 11.8 Å². The highest BCUT2D eigenvalue weighted by atomic mass is 16.5. The molecule has 0 bridgehead atoms. The molecule has 0 spiro atoms. The Labute approximate surface area is 126 Å². The Kier molecular flexibility index (Phi) is 4.65. The molecule has 1 fully saturated rings. The van der Waals surface area contributed by atoms with Crippen LogP contribution in [-0.4, -0.2) is 41.2 Å². The van der Waals surface area contributed by atoms with Crippen LogP contribution in [0, 0.1) is 5.92 Å². The van der Waals surface area contributed by atoms with Gasteiger partial charge in [-0.1, -0.05) is 12.1 Å². The number of carboxylic acids is 2. The zero-order valence-electron chi connectivity index (χ0n) is 12.0. The van der Waals surface area contributed by atoms with E-state index in [2.05, 4.69) is 5.32 Å². The SMILES string of the molecule is COc1ccc(C2CC2C(=O)NC(CC(=O)O)C(=O)O)cc1. The molecule has 1 aromatic carbocycles. The van der Waals surface area contributed by atoms with Gasteiger partial charge in [0.25, 0.3) is 0 Å². The van der Waals surface area contributed by atoms with E-state index in [1.54, 1.807) is 19.2 Å². The van der Waals surface area contributed by atoms with Gasteiger partial charge < -0.3 is 20.3 Å². The molecule has 0 aliphatic heterocycles. The van der Waals surface area contributed by atoms with Gasteiger partial charge in [-0.2, -0.15) is 0 Å². The maximum atomic E-state index is 12.0. The molecule has 1 aliphatic rings. The van der Waals surface area contributed by atoms with Crippen LogP contribution in [0.3, 0.4) is 0 Å². The van der Waals surface area contributed by atoms with Crippen molar-refractivity contribution < 1.29 is 29.3 Å². The quantitative estimate of drug-likeness (QED) is 0.688. The summed E-state index contributed by atoms with van der Waals surface area (Å²) >= 11 is 0. The first kappa shape index (κ1) is 15.8. The fourth-order valence-electron chi connectivity index (χ4n) is 2.36. The number of amides is 1. The highest BCUT2D eigenvalue weighted by Crippen LogP contribution is 2.47. The molecule has 1 aliphatic carbocycles. The van der Waals surface area contributed by atoms with Crippen molar-refractivity contribution in [2.45, 2.75) is 24.8 Å². The van der Waals surface area contributed by atoms with E-state index in [0.717, 1.165) is 11.3 Å². The third kappa shape index (κ3) is 3.75. The first-order valence-electron chi connectivity index (χ1n) is 6.81. The molecule has 0 radical (unpaired) electrons. The second-order valence-electron chi connectivity index (χ2n) is 5.22. The van der Waals surface area contributed by atoms with Gasteiger partial charge in [0.15, 0.2) is 0 Å². The zero-order chi connectivity index (χ0) is 16.3. The van der Waals surface area contributed by atoms with Gasteiger partial charge in [-0.25, -0.2) is 4.79 Å². The van der Waals surface area contributed by atoms with Crippen LogP contribution in [0.25, 0.3) is 0 Å². The van der Waals surface area contributed by atoms with E-state index >= 15 is 0 Å². The second-order valence-corrected chi connectivity index (χ2v) is 5.22. The topological polar surface area (TPSA) is 113 Å². The summed E-state index contributed by atoms with van der Waals surface area (Å²) in [6.45, 7) is 0. The molecule has 0 aromatic heterocycles. The number of carbonyl (C=O) groups excluding carboxylic acids is 1. The van der Waals surface area contributed by atoms with Crippen LogP contribution in [0.4, 0.5) is 0 Å². The Bertz CT molecular complexity index is 582. The lowest BCUT2D eigenvalue weighted by Crippen LogP contribution is -2.43. The summed E-state index contributed by atoms with van der Waals surface area (Å²) in [7, 11) is 1.57. The van der Waals surface area contributed by atoms with Crippen LogP contribution in [0.1, 0.15) is 24.3 Å².